The van der Waals surface area contributed by atoms with E-state index >= 15 is 0 Å². The highest BCUT2D eigenvalue weighted by Crippen LogP contribution is 2.34. The van der Waals surface area contributed by atoms with Crippen LogP contribution in [0.5, 0.6) is 0 Å². The summed E-state index contributed by atoms with van der Waals surface area (Å²) in [7, 11) is 1.73. The van der Waals surface area contributed by atoms with Crippen LogP contribution in [0.4, 0.5) is 0 Å². The minimum atomic E-state index is -0.557. The van der Waals surface area contributed by atoms with Gasteiger partial charge in [0.25, 0.3) is 5.91 Å². The smallest absolute Gasteiger partial charge is 0.254 e. The Morgan fingerprint density at radius 2 is 1.88 bits per heavy atom. The van der Waals surface area contributed by atoms with Crippen LogP contribution in [-0.2, 0) is 13.0 Å². The zero-order valence-electron chi connectivity index (χ0n) is 23.0. The third kappa shape index (κ3) is 6.74. The van der Waals surface area contributed by atoms with E-state index in [9.17, 15) is 14.7 Å². The van der Waals surface area contributed by atoms with Crippen molar-refractivity contribution in [2.75, 3.05) is 7.05 Å². The van der Waals surface area contributed by atoms with Crippen molar-refractivity contribution in [2.45, 2.75) is 58.1 Å². The molecule has 0 unspecified atom stereocenters. The molecule has 5 rings (SSSR count). The number of hydrogen-bond acceptors (Lipinski definition) is 7. The Bertz CT molecular complexity index is 1430. The molecule has 1 N–H and O–H groups in total. The van der Waals surface area contributed by atoms with Crippen LogP contribution in [0.2, 0.25) is 0 Å². The third-order valence-corrected chi connectivity index (χ3v) is 8.71. The highest BCUT2D eigenvalue weighted by atomic mass is 32.1. The normalized spacial score (nSPS) is 15.2. The Labute approximate surface area is 238 Å². The predicted octanol–water partition coefficient (Wildman–Crippen LogP) is 6.36. The van der Waals surface area contributed by atoms with E-state index in [2.05, 4.69) is 9.97 Å². The zero-order valence-corrected chi connectivity index (χ0v) is 23.8. The first-order valence-electron chi connectivity index (χ1n) is 13.8. The van der Waals surface area contributed by atoms with Gasteiger partial charge >= 0.3 is 0 Å². The lowest BCUT2D eigenvalue weighted by molar-refractivity contribution is 0.0456. The number of amides is 1. The number of carbonyl (C=O) groups is 2. The fourth-order valence-corrected chi connectivity index (χ4v) is 6.48. The largest absolute Gasteiger partial charge is 0.444 e. The molecule has 7 nitrogen and oxygen atoms in total. The van der Waals surface area contributed by atoms with Gasteiger partial charge in [0.1, 0.15) is 5.01 Å². The summed E-state index contributed by atoms with van der Waals surface area (Å²) in [6.45, 7) is 2.30. The fraction of sp³-hybridized carbons (Fsp3) is 0.375. The number of Topliss-reactive ketones (excluding diaryl/α,β-unsaturated/α-hetero) is 1. The Hall–Kier alpha value is -3.62. The number of aromatic nitrogens is 2. The van der Waals surface area contributed by atoms with Gasteiger partial charge in [0.15, 0.2) is 17.9 Å². The van der Waals surface area contributed by atoms with Gasteiger partial charge in [-0.3, -0.25) is 9.59 Å². The summed E-state index contributed by atoms with van der Waals surface area (Å²) in [5.41, 5.74) is 3.45. The molecule has 2 aromatic heterocycles. The van der Waals surface area contributed by atoms with Crippen molar-refractivity contribution in [1.82, 2.24) is 14.9 Å². The molecule has 40 heavy (non-hydrogen) atoms. The summed E-state index contributed by atoms with van der Waals surface area (Å²) >= 11 is 1.51. The van der Waals surface area contributed by atoms with Crippen LogP contribution in [0, 0.1) is 18.8 Å². The second-order valence-electron chi connectivity index (χ2n) is 10.8. The number of benzene rings is 2. The Balaban J connectivity index is 1.42. The van der Waals surface area contributed by atoms with E-state index < -0.39 is 6.10 Å². The van der Waals surface area contributed by atoms with E-state index in [1.54, 1.807) is 36.3 Å². The fourth-order valence-electron chi connectivity index (χ4n) is 5.65. The number of aliphatic hydroxyl groups excluding tert-OH is 1. The van der Waals surface area contributed by atoms with Crippen LogP contribution in [0.15, 0.2) is 70.9 Å². The van der Waals surface area contributed by atoms with Crippen LogP contribution < -0.4 is 0 Å². The van der Waals surface area contributed by atoms with E-state index in [0.29, 0.717) is 35.4 Å². The van der Waals surface area contributed by atoms with Crippen molar-refractivity contribution in [1.29, 1.82) is 0 Å². The maximum absolute atomic E-state index is 13.8. The van der Waals surface area contributed by atoms with Crippen molar-refractivity contribution >= 4 is 23.0 Å². The molecular formula is C32H35N3O4S. The molecule has 1 saturated carbocycles. The molecule has 1 amide bonds. The summed E-state index contributed by atoms with van der Waals surface area (Å²) in [6.07, 6.45) is 7.37. The molecule has 1 fully saturated rings. The SMILES string of the molecule is Cc1csc(CN(C)C(=O)c2cc(C(=O)C[C@@H](Cc3ccccc3)[C@H](O)C3CCCC3)cc(-c3cnco3)c2)n1. The van der Waals surface area contributed by atoms with Gasteiger partial charge in [-0.25, -0.2) is 9.97 Å². The van der Waals surface area contributed by atoms with E-state index in [0.717, 1.165) is 41.9 Å². The number of carbonyl (C=O) groups excluding carboxylic acids is 2. The van der Waals surface area contributed by atoms with Gasteiger partial charge in [-0.2, -0.15) is 0 Å². The summed E-state index contributed by atoms with van der Waals surface area (Å²) < 4.78 is 5.52. The monoisotopic (exact) mass is 557 g/mol. The summed E-state index contributed by atoms with van der Waals surface area (Å²) in [5, 5.41) is 14.2. The average Bonchev–Trinajstić information content (AvgIpc) is 3.76. The summed E-state index contributed by atoms with van der Waals surface area (Å²) in [6, 6.07) is 15.2. The van der Waals surface area contributed by atoms with Crippen LogP contribution >= 0.6 is 11.3 Å². The minimum absolute atomic E-state index is 0.105. The van der Waals surface area contributed by atoms with Gasteiger partial charge in [-0.15, -0.1) is 11.3 Å². The Morgan fingerprint density at radius 1 is 1.12 bits per heavy atom. The second-order valence-corrected chi connectivity index (χ2v) is 11.8. The van der Waals surface area contributed by atoms with E-state index in [4.69, 9.17) is 4.42 Å². The van der Waals surface area contributed by atoms with Crippen molar-refractivity contribution in [3.8, 4) is 11.3 Å². The lowest BCUT2D eigenvalue weighted by atomic mass is 9.81. The predicted molar refractivity (Wildman–Crippen MR) is 155 cm³/mol. The first-order chi connectivity index (χ1) is 19.4. The van der Waals surface area contributed by atoms with Crippen LogP contribution in [0.3, 0.4) is 0 Å². The van der Waals surface area contributed by atoms with Crippen LogP contribution in [0.25, 0.3) is 11.3 Å². The number of rotatable bonds is 11. The average molecular weight is 558 g/mol. The standard InChI is InChI=1S/C32H35N3O4S/c1-21-19-40-30(34-21)18-35(2)32(38)27-14-24(13-25(15-27)29-17-33-20-39-29)28(36)16-26(12-22-8-4-3-5-9-22)31(37)23-10-6-7-11-23/h3-5,8-9,13-15,17,19-20,23,26,31,37H,6-7,10-12,16,18H2,1-2H3/t26-,31-/m1/s1. The number of aryl methyl sites for hydroxylation is 1. The molecular weight excluding hydrogens is 522 g/mol. The molecule has 0 spiro atoms. The van der Waals surface area contributed by atoms with Gasteiger partial charge in [0.2, 0.25) is 0 Å². The van der Waals surface area contributed by atoms with Crippen LogP contribution in [0.1, 0.15) is 69.1 Å². The van der Waals surface area contributed by atoms with Gasteiger partial charge in [-0.05, 0) is 61.8 Å². The summed E-state index contributed by atoms with van der Waals surface area (Å²) in [5.74, 6) is 0.152. The number of thiazole rings is 1. The maximum Gasteiger partial charge on any atom is 0.254 e. The minimum Gasteiger partial charge on any atom is -0.444 e. The van der Waals surface area contributed by atoms with Gasteiger partial charge in [0, 0.05) is 41.2 Å². The topological polar surface area (TPSA) is 96.5 Å². The second kappa shape index (κ2) is 12.7. The lowest BCUT2D eigenvalue weighted by Crippen LogP contribution is -2.31. The van der Waals surface area contributed by atoms with Crippen molar-refractivity contribution in [3.05, 3.63) is 93.9 Å². The molecule has 0 aliphatic heterocycles. The van der Waals surface area contributed by atoms with Crippen molar-refractivity contribution in [2.24, 2.45) is 11.8 Å². The highest BCUT2D eigenvalue weighted by molar-refractivity contribution is 7.09. The Kier molecular flexibility index (Phi) is 8.87. The molecule has 2 heterocycles. The molecule has 0 radical (unpaired) electrons. The van der Waals surface area contributed by atoms with Gasteiger partial charge in [-0.1, -0.05) is 43.2 Å². The number of ketones is 1. The van der Waals surface area contributed by atoms with Gasteiger partial charge in [0.05, 0.1) is 18.8 Å². The summed E-state index contributed by atoms with van der Waals surface area (Å²) in [4.78, 5) is 37.4. The molecule has 2 atom stereocenters. The number of oxazole rings is 1. The number of aliphatic hydroxyl groups is 1. The highest BCUT2D eigenvalue weighted by Gasteiger charge is 2.32. The number of nitrogens with zero attached hydrogens (tertiary/aromatic N) is 3. The maximum atomic E-state index is 13.8. The molecule has 0 bridgehead atoms. The Morgan fingerprint density at radius 3 is 2.55 bits per heavy atom. The molecule has 4 aromatic rings. The molecule has 1 aliphatic carbocycles. The molecule has 208 valence electrons. The van der Waals surface area contributed by atoms with Gasteiger partial charge < -0.3 is 14.4 Å². The first kappa shape index (κ1) is 27.9. The molecule has 8 heteroatoms. The van der Waals surface area contributed by atoms with E-state index in [-0.39, 0.29) is 29.9 Å². The zero-order chi connectivity index (χ0) is 28.1. The molecule has 1 aliphatic rings. The molecule has 0 saturated heterocycles. The molecule has 2 aromatic carbocycles. The van der Waals surface area contributed by atoms with Crippen LogP contribution in [-0.4, -0.2) is 44.8 Å². The van der Waals surface area contributed by atoms with E-state index in [1.807, 2.05) is 42.6 Å². The van der Waals surface area contributed by atoms with Crippen molar-refractivity contribution < 1.29 is 19.1 Å². The lowest BCUT2D eigenvalue weighted by Gasteiger charge is -2.27. The first-order valence-corrected chi connectivity index (χ1v) is 14.7. The quantitative estimate of drug-likeness (QED) is 0.216. The van der Waals surface area contributed by atoms with Crippen molar-refractivity contribution in [3.63, 3.8) is 0 Å². The van der Waals surface area contributed by atoms with E-state index in [1.165, 1.54) is 17.7 Å². The third-order valence-electron chi connectivity index (χ3n) is 7.76. The number of hydrogen-bond donors (Lipinski definition) is 1.